The topological polar surface area (TPSA) is 130 Å². The summed E-state index contributed by atoms with van der Waals surface area (Å²) in [5.74, 6) is -0.0739. The van der Waals surface area contributed by atoms with Crippen molar-refractivity contribution in [3.05, 3.63) is 95.1 Å². The van der Waals surface area contributed by atoms with Crippen LogP contribution in [0.3, 0.4) is 0 Å². The first-order chi connectivity index (χ1) is 22.2. The van der Waals surface area contributed by atoms with Crippen LogP contribution in [0.1, 0.15) is 71.7 Å². The average molecular weight is 639 g/mol. The third kappa shape index (κ3) is 9.56. The van der Waals surface area contributed by atoms with E-state index >= 15 is 0 Å². The number of aromatic nitrogens is 6. The molecule has 1 fully saturated rings. The van der Waals surface area contributed by atoms with E-state index in [1.807, 2.05) is 12.1 Å². The number of nitrogens with zero attached hydrogens (tertiary/aromatic N) is 6. The molecule has 4 aromatic heterocycles. The fourth-order valence-electron chi connectivity index (χ4n) is 5.40. The molecule has 0 amide bonds. The van der Waals surface area contributed by atoms with Crippen LogP contribution < -0.4 is 9.47 Å². The molecule has 1 saturated carbocycles. The number of carbonyl (C=O) groups excluding carboxylic acids is 2. The Morgan fingerprint density at radius 1 is 0.609 bits per heavy atom. The van der Waals surface area contributed by atoms with Crippen molar-refractivity contribution in [2.75, 3.05) is 0 Å². The minimum atomic E-state index is -2.94. The summed E-state index contributed by atoms with van der Waals surface area (Å²) in [4.78, 5) is 33.0. The average Bonchev–Trinajstić information content (AvgIpc) is 3.03. The van der Waals surface area contributed by atoms with E-state index in [9.17, 15) is 27.2 Å². The van der Waals surface area contributed by atoms with Gasteiger partial charge in [0.05, 0.1) is 48.0 Å². The molecule has 5 rings (SSSR count). The van der Waals surface area contributed by atoms with Crippen LogP contribution in [0.2, 0.25) is 0 Å². The molecule has 46 heavy (non-hydrogen) atoms. The number of hydrogen-bond acceptors (Lipinski definition) is 10. The van der Waals surface area contributed by atoms with Gasteiger partial charge < -0.3 is 9.47 Å². The van der Waals surface area contributed by atoms with E-state index in [4.69, 9.17) is 0 Å². The Morgan fingerprint density at radius 2 is 1.02 bits per heavy atom. The van der Waals surface area contributed by atoms with Gasteiger partial charge in [-0.05, 0) is 67.8 Å². The van der Waals surface area contributed by atoms with Crippen LogP contribution in [-0.2, 0) is 35.3 Å². The fourth-order valence-corrected chi connectivity index (χ4v) is 5.40. The molecule has 0 radical (unpaired) electrons. The maximum Gasteiger partial charge on any atom is 0.387 e. The second-order valence-corrected chi connectivity index (χ2v) is 11.0. The molecule has 240 valence electrons. The zero-order chi connectivity index (χ0) is 32.5. The molecule has 1 aliphatic carbocycles. The number of rotatable bonds is 14. The number of ketones is 2. The van der Waals surface area contributed by atoms with E-state index in [2.05, 4.69) is 39.8 Å². The number of pyridine rings is 2. The number of Topliss-reactive ketones (excluding diaryl/α,β-unsaturated/α-hetero) is 2. The molecule has 0 aliphatic heterocycles. The highest BCUT2D eigenvalue weighted by molar-refractivity contribution is 5.82. The molecule has 4 aromatic rings. The van der Waals surface area contributed by atoms with Gasteiger partial charge in [0.2, 0.25) is 0 Å². The molecule has 0 bridgehead atoms. The highest BCUT2D eigenvalue weighted by atomic mass is 19.3. The van der Waals surface area contributed by atoms with Gasteiger partial charge in [0, 0.05) is 36.1 Å². The Morgan fingerprint density at radius 3 is 1.37 bits per heavy atom. The highest BCUT2D eigenvalue weighted by Crippen LogP contribution is 2.39. The summed E-state index contributed by atoms with van der Waals surface area (Å²) in [7, 11) is 0. The lowest BCUT2D eigenvalue weighted by atomic mass is 9.78. The van der Waals surface area contributed by atoms with E-state index in [0.29, 0.717) is 22.8 Å². The number of alkyl halides is 4. The molecule has 0 aromatic carbocycles. The Hall–Kier alpha value is -4.88. The van der Waals surface area contributed by atoms with Gasteiger partial charge in [-0.2, -0.15) is 38.0 Å². The molecular formula is C32H30F4N6O4. The largest absolute Gasteiger partial charge is 0.433 e. The third-order valence-corrected chi connectivity index (χ3v) is 7.55. The first-order valence-corrected chi connectivity index (χ1v) is 14.7. The Bertz CT molecular complexity index is 1470. The molecule has 4 heterocycles. The van der Waals surface area contributed by atoms with Gasteiger partial charge >= 0.3 is 13.2 Å². The zero-order valence-electron chi connectivity index (χ0n) is 24.6. The number of halogens is 4. The maximum absolute atomic E-state index is 12.5. The lowest BCUT2D eigenvalue weighted by molar-refractivity contribution is -0.118. The summed E-state index contributed by atoms with van der Waals surface area (Å²) in [5, 5.41) is 17.3. The zero-order valence-corrected chi connectivity index (χ0v) is 24.6. The molecule has 14 heteroatoms. The second-order valence-electron chi connectivity index (χ2n) is 11.0. The molecule has 0 saturated heterocycles. The van der Waals surface area contributed by atoms with E-state index in [0.717, 1.165) is 49.5 Å². The summed E-state index contributed by atoms with van der Waals surface area (Å²) in [6, 6.07) is 13.0. The van der Waals surface area contributed by atoms with Crippen molar-refractivity contribution in [3.63, 3.8) is 0 Å². The molecule has 10 nitrogen and oxygen atoms in total. The number of ether oxygens (including phenoxy) is 2. The second kappa shape index (κ2) is 15.4. The van der Waals surface area contributed by atoms with Crippen molar-refractivity contribution in [2.45, 2.75) is 76.4 Å². The molecule has 2 atom stereocenters. The maximum atomic E-state index is 12.5. The predicted molar refractivity (Wildman–Crippen MR) is 155 cm³/mol. The minimum absolute atomic E-state index is 0.0308. The SMILES string of the molecule is O=C(Cc1ccc(OC(F)F)cn1)Cc1ccc([C@H]2CCC[C@H](c3ccc(CC(=O)Cc4ccc(OC(F)F)cn4)nn3)C2)nn1. The summed E-state index contributed by atoms with van der Waals surface area (Å²) >= 11 is 0. The van der Waals surface area contributed by atoms with Gasteiger partial charge in [-0.25, -0.2) is 0 Å². The van der Waals surface area contributed by atoms with Crippen LogP contribution in [0.4, 0.5) is 17.6 Å². The quantitative estimate of drug-likeness (QED) is 0.165. The van der Waals surface area contributed by atoms with Gasteiger partial charge in [-0.15, -0.1) is 0 Å². The van der Waals surface area contributed by atoms with Gasteiger partial charge in [-0.1, -0.05) is 6.42 Å². The molecule has 0 spiro atoms. The van der Waals surface area contributed by atoms with Gasteiger partial charge in [-0.3, -0.25) is 19.6 Å². The van der Waals surface area contributed by atoms with E-state index in [-0.39, 0.29) is 60.6 Å². The summed E-state index contributed by atoms with van der Waals surface area (Å²) in [6.07, 6.45) is 6.20. The third-order valence-electron chi connectivity index (χ3n) is 7.55. The van der Waals surface area contributed by atoms with Crippen LogP contribution >= 0.6 is 0 Å². The molecule has 0 N–H and O–H groups in total. The van der Waals surface area contributed by atoms with E-state index in [1.54, 1.807) is 12.1 Å². The summed E-state index contributed by atoms with van der Waals surface area (Å²) in [5.41, 5.74) is 3.63. The van der Waals surface area contributed by atoms with E-state index in [1.165, 1.54) is 24.3 Å². The number of carbonyl (C=O) groups is 2. The highest BCUT2D eigenvalue weighted by Gasteiger charge is 2.27. The van der Waals surface area contributed by atoms with E-state index < -0.39 is 13.2 Å². The van der Waals surface area contributed by atoms with Crippen LogP contribution in [0, 0.1) is 0 Å². The van der Waals surface area contributed by atoms with Crippen molar-refractivity contribution < 1.29 is 36.6 Å². The summed E-state index contributed by atoms with van der Waals surface area (Å²) in [6.45, 7) is -5.88. The predicted octanol–water partition coefficient (Wildman–Crippen LogP) is 5.41. The smallest absolute Gasteiger partial charge is 0.387 e. The first kappa shape index (κ1) is 32.5. The first-order valence-electron chi connectivity index (χ1n) is 14.7. The lowest BCUT2D eigenvalue weighted by Crippen LogP contribution is -2.17. The number of hydrogen-bond donors (Lipinski definition) is 0. The van der Waals surface area contributed by atoms with Gasteiger partial charge in [0.15, 0.2) is 0 Å². The van der Waals surface area contributed by atoms with Crippen LogP contribution in [0.5, 0.6) is 11.5 Å². The molecular weight excluding hydrogens is 608 g/mol. The normalized spacial score (nSPS) is 16.4. The standard InChI is InChI=1S/C32H30F4N6O4/c33-31(34)45-27-8-4-21(37-17-27)13-25(43)15-23-6-10-29(41-39-23)19-2-1-3-20(12-19)30-11-7-24(40-42-30)16-26(44)14-22-5-9-28(18-38-22)46-32(35)36/h4-11,17-20,31-32H,1-3,12-16H2/t19-,20-/m0/s1. The van der Waals surface area contributed by atoms with Crippen molar-refractivity contribution in [1.82, 2.24) is 30.4 Å². The lowest BCUT2D eigenvalue weighted by Gasteiger charge is -2.28. The Labute approximate surface area is 261 Å². The summed E-state index contributed by atoms with van der Waals surface area (Å²) < 4.78 is 57.7. The fraction of sp³-hybridized carbons (Fsp3) is 0.375. The van der Waals surface area contributed by atoms with Crippen molar-refractivity contribution in [2.24, 2.45) is 0 Å². The van der Waals surface area contributed by atoms with Crippen LogP contribution in [0.15, 0.2) is 60.9 Å². The van der Waals surface area contributed by atoms with Crippen LogP contribution in [0.25, 0.3) is 0 Å². The Kier molecular flexibility index (Phi) is 10.9. The van der Waals surface area contributed by atoms with Crippen LogP contribution in [-0.4, -0.2) is 55.2 Å². The molecule has 1 aliphatic rings. The molecule has 0 unspecified atom stereocenters. The van der Waals surface area contributed by atoms with Gasteiger partial charge in [0.25, 0.3) is 0 Å². The van der Waals surface area contributed by atoms with Crippen molar-refractivity contribution in [1.29, 1.82) is 0 Å². The monoisotopic (exact) mass is 638 g/mol. The van der Waals surface area contributed by atoms with Crippen molar-refractivity contribution >= 4 is 11.6 Å². The Balaban J connectivity index is 1.10. The minimum Gasteiger partial charge on any atom is -0.433 e. The van der Waals surface area contributed by atoms with Crippen molar-refractivity contribution in [3.8, 4) is 11.5 Å². The van der Waals surface area contributed by atoms with Gasteiger partial charge in [0.1, 0.15) is 23.1 Å².